The molecule has 3 aromatic rings. The lowest BCUT2D eigenvalue weighted by molar-refractivity contribution is 0.124. The van der Waals surface area contributed by atoms with Crippen LogP contribution in [0, 0.1) is 0 Å². The van der Waals surface area contributed by atoms with Crippen molar-refractivity contribution in [2.45, 2.75) is 19.9 Å². The summed E-state index contributed by atoms with van der Waals surface area (Å²) < 4.78 is 7.42. The van der Waals surface area contributed by atoms with Crippen molar-refractivity contribution in [1.29, 1.82) is 0 Å². The van der Waals surface area contributed by atoms with Crippen LogP contribution >= 0.6 is 0 Å². The van der Waals surface area contributed by atoms with Crippen molar-refractivity contribution in [3.05, 3.63) is 55.2 Å². The van der Waals surface area contributed by atoms with E-state index in [1.54, 1.807) is 0 Å². The number of rotatable bonds is 7. The fraction of sp³-hybridized carbons (Fsp3) is 0.278. The highest BCUT2D eigenvalue weighted by Gasteiger charge is 2.05. The van der Waals surface area contributed by atoms with Gasteiger partial charge in [-0.05, 0) is 24.1 Å². The monoisotopic (exact) mass is 308 g/mol. The van der Waals surface area contributed by atoms with Crippen molar-refractivity contribution in [2.24, 2.45) is 0 Å². The number of aromatic nitrogens is 4. The first kappa shape index (κ1) is 15.4. The van der Waals surface area contributed by atoms with Crippen LogP contribution in [0.3, 0.4) is 0 Å². The topological polar surface area (TPSA) is 52.8 Å². The molecule has 1 aromatic carbocycles. The van der Waals surface area contributed by atoms with Crippen molar-refractivity contribution < 1.29 is 4.74 Å². The average molecular weight is 308 g/mol. The van der Waals surface area contributed by atoms with Gasteiger partial charge in [-0.3, -0.25) is 4.68 Å². The summed E-state index contributed by atoms with van der Waals surface area (Å²) in [6.07, 6.45) is 8.20. The minimum Gasteiger partial charge on any atom is -0.380 e. The Morgan fingerprint density at radius 1 is 1.00 bits per heavy atom. The van der Waals surface area contributed by atoms with Crippen molar-refractivity contribution in [1.82, 2.24) is 19.7 Å². The van der Waals surface area contributed by atoms with Crippen molar-refractivity contribution in [3.63, 3.8) is 0 Å². The first-order valence-electron chi connectivity index (χ1n) is 7.84. The van der Waals surface area contributed by atoms with Crippen LogP contribution in [-0.2, 0) is 11.3 Å². The van der Waals surface area contributed by atoms with Gasteiger partial charge in [-0.15, -0.1) is 0 Å². The van der Waals surface area contributed by atoms with Crippen LogP contribution in [0.4, 0.5) is 0 Å². The van der Waals surface area contributed by atoms with E-state index in [1.807, 2.05) is 35.4 Å². The van der Waals surface area contributed by atoms with Crippen LogP contribution in [0.1, 0.15) is 13.3 Å². The molecule has 0 atom stereocenters. The molecule has 0 aliphatic heterocycles. The van der Waals surface area contributed by atoms with Crippen LogP contribution in [0.2, 0.25) is 0 Å². The van der Waals surface area contributed by atoms with Gasteiger partial charge in [0, 0.05) is 36.3 Å². The summed E-state index contributed by atoms with van der Waals surface area (Å²) in [7, 11) is 0. The average Bonchev–Trinajstić information content (AvgIpc) is 3.09. The molecule has 2 heterocycles. The Morgan fingerprint density at radius 2 is 1.83 bits per heavy atom. The van der Waals surface area contributed by atoms with Crippen molar-refractivity contribution in [3.8, 4) is 22.4 Å². The standard InChI is InChI=1S/C18H20N4O/c1-2-9-23-10-8-22-7-6-18(21-22)16-5-3-4-15(11-16)17-12-19-14-20-13-17/h3-7,11-14H,2,8-10H2,1H3. The third-order valence-corrected chi connectivity index (χ3v) is 3.51. The summed E-state index contributed by atoms with van der Waals surface area (Å²) in [5.74, 6) is 0. The molecule has 0 spiro atoms. The molecule has 0 aliphatic carbocycles. The molecule has 23 heavy (non-hydrogen) atoms. The van der Waals surface area contributed by atoms with Gasteiger partial charge in [0.15, 0.2) is 0 Å². The molecule has 2 aromatic heterocycles. The summed E-state index contributed by atoms with van der Waals surface area (Å²) >= 11 is 0. The highest BCUT2D eigenvalue weighted by Crippen LogP contribution is 2.24. The fourth-order valence-corrected chi connectivity index (χ4v) is 2.35. The van der Waals surface area contributed by atoms with Gasteiger partial charge in [0.05, 0.1) is 18.8 Å². The summed E-state index contributed by atoms with van der Waals surface area (Å²) in [6, 6.07) is 10.3. The highest BCUT2D eigenvalue weighted by atomic mass is 16.5. The molecule has 0 saturated heterocycles. The van der Waals surface area contributed by atoms with E-state index in [4.69, 9.17) is 4.74 Å². The van der Waals surface area contributed by atoms with Gasteiger partial charge in [-0.2, -0.15) is 5.10 Å². The summed E-state index contributed by atoms with van der Waals surface area (Å²) in [4.78, 5) is 8.14. The lowest BCUT2D eigenvalue weighted by atomic mass is 10.0. The van der Waals surface area contributed by atoms with E-state index < -0.39 is 0 Å². The first-order valence-corrected chi connectivity index (χ1v) is 7.84. The number of hydrogen-bond acceptors (Lipinski definition) is 4. The third-order valence-electron chi connectivity index (χ3n) is 3.51. The molecular weight excluding hydrogens is 288 g/mol. The maximum atomic E-state index is 5.50. The third kappa shape index (κ3) is 4.02. The fourth-order valence-electron chi connectivity index (χ4n) is 2.35. The van der Waals surface area contributed by atoms with E-state index in [2.05, 4.69) is 40.2 Å². The van der Waals surface area contributed by atoms with E-state index in [-0.39, 0.29) is 0 Å². The van der Waals surface area contributed by atoms with Crippen molar-refractivity contribution >= 4 is 0 Å². The molecule has 0 bridgehead atoms. The van der Waals surface area contributed by atoms with E-state index >= 15 is 0 Å². The minimum atomic E-state index is 0.691. The lowest BCUT2D eigenvalue weighted by Gasteiger charge is -2.04. The van der Waals surface area contributed by atoms with Gasteiger partial charge in [0.1, 0.15) is 6.33 Å². The Labute approximate surface area is 136 Å². The smallest absolute Gasteiger partial charge is 0.115 e. The van der Waals surface area contributed by atoms with Crippen LogP contribution in [0.25, 0.3) is 22.4 Å². The van der Waals surface area contributed by atoms with Gasteiger partial charge in [-0.25, -0.2) is 9.97 Å². The molecule has 0 amide bonds. The summed E-state index contributed by atoms with van der Waals surface area (Å²) in [5, 5.41) is 4.62. The van der Waals surface area contributed by atoms with Gasteiger partial charge in [0.2, 0.25) is 0 Å². The van der Waals surface area contributed by atoms with E-state index in [0.29, 0.717) is 6.61 Å². The molecule has 3 rings (SSSR count). The SMILES string of the molecule is CCCOCCn1ccc(-c2cccc(-c3cncnc3)c2)n1. The molecule has 0 aliphatic rings. The van der Waals surface area contributed by atoms with Gasteiger partial charge in [-0.1, -0.05) is 25.1 Å². The molecule has 0 unspecified atom stereocenters. The Morgan fingerprint density at radius 3 is 2.65 bits per heavy atom. The predicted molar refractivity (Wildman–Crippen MR) is 89.8 cm³/mol. The van der Waals surface area contributed by atoms with Crippen LogP contribution < -0.4 is 0 Å². The predicted octanol–water partition coefficient (Wildman–Crippen LogP) is 3.43. The molecule has 118 valence electrons. The zero-order valence-electron chi connectivity index (χ0n) is 13.2. The largest absolute Gasteiger partial charge is 0.380 e. The lowest BCUT2D eigenvalue weighted by Crippen LogP contribution is -2.06. The Bertz CT molecular complexity index is 740. The molecule has 5 nitrogen and oxygen atoms in total. The number of nitrogens with zero attached hydrogens (tertiary/aromatic N) is 4. The van der Waals surface area contributed by atoms with Gasteiger partial charge in [0.25, 0.3) is 0 Å². The van der Waals surface area contributed by atoms with E-state index in [9.17, 15) is 0 Å². The maximum Gasteiger partial charge on any atom is 0.115 e. The number of hydrogen-bond donors (Lipinski definition) is 0. The summed E-state index contributed by atoms with van der Waals surface area (Å²) in [6.45, 7) is 4.37. The Balaban J connectivity index is 1.74. The molecule has 0 N–H and O–H groups in total. The maximum absolute atomic E-state index is 5.50. The van der Waals surface area contributed by atoms with Gasteiger partial charge < -0.3 is 4.74 Å². The summed E-state index contributed by atoms with van der Waals surface area (Å²) in [5.41, 5.74) is 4.13. The first-order chi connectivity index (χ1) is 11.4. The minimum absolute atomic E-state index is 0.691. The number of benzene rings is 1. The Kier molecular flexibility index (Phi) is 5.11. The zero-order chi connectivity index (χ0) is 15.9. The van der Waals surface area contributed by atoms with Crippen LogP contribution in [0.5, 0.6) is 0 Å². The van der Waals surface area contributed by atoms with Crippen LogP contribution in [0.15, 0.2) is 55.2 Å². The van der Waals surface area contributed by atoms with E-state index in [1.165, 1.54) is 6.33 Å². The second-order valence-corrected chi connectivity index (χ2v) is 5.28. The Hall–Kier alpha value is -2.53. The van der Waals surface area contributed by atoms with Crippen LogP contribution in [-0.4, -0.2) is 33.0 Å². The van der Waals surface area contributed by atoms with Gasteiger partial charge >= 0.3 is 0 Å². The van der Waals surface area contributed by atoms with Crippen molar-refractivity contribution in [2.75, 3.05) is 13.2 Å². The second-order valence-electron chi connectivity index (χ2n) is 5.28. The molecule has 0 fully saturated rings. The number of ether oxygens (including phenoxy) is 1. The molecule has 0 saturated carbocycles. The molecule has 0 radical (unpaired) electrons. The highest BCUT2D eigenvalue weighted by molar-refractivity contribution is 5.70. The zero-order valence-corrected chi connectivity index (χ0v) is 13.2. The molecule has 5 heteroatoms. The van der Waals surface area contributed by atoms with E-state index in [0.717, 1.165) is 42.0 Å². The normalized spacial score (nSPS) is 10.8. The second kappa shape index (κ2) is 7.65. The molecular formula is C18H20N4O. The quantitative estimate of drug-likeness (QED) is 0.627.